The summed E-state index contributed by atoms with van der Waals surface area (Å²) >= 11 is 23.4. The van der Waals surface area contributed by atoms with Crippen molar-refractivity contribution in [2.45, 2.75) is 0 Å². The maximum absolute atomic E-state index is 3.02. The van der Waals surface area contributed by atoms with Gasteiger partial charge in [0.25, 0.3) is 0 Å². The van der Waals surface area contributed by atoms with E-state index in [9.17, 15) is 0 Å². The Balaban J connectivity index is 4.30. The van der Waals surface area contributed by atoms with Gasteiger partial charge in [-0.3, -0.25) is 0 Å². The molecule has 0 nitrogen and oxygen atoms in total. The van der Waals surface area contributed by atoms with Gasteiger partial charge in [-0.1, -0.05) is 0 Å². The fourth-order valence-electron chi connectivity index (χ4n) is 0.123. The third kappa shape index (κ3) is 11.0. The molecule has 0 aromatic heterocycles. The molecule has 0 saturated carbocycles. The van der Waals surface area contributed by atoms with Crippen LogP contribution in [0.4, 0.5) is 0 Å². The second kappa shape index (κ2) is 14.4. The van der Waals surface area contributed by atoms with Gasteiger partial charge in [-0.15, -0.1) is 0 Å². The summed E-state index contributed by atoms with van der Waals surface area (Å²) in [6, 6.07) is 0. The van der Waals surface area contributed by atoms with Crippen molar-refractivity contribution >= 4 is 196 Å². The van der Waals surface area contributed by atoms with Crippen LogP contribution in [0, 0.1) is 0 Å². The van der Waals surface area contributed by atoms with E-state index in [0.717, 1.165) is 0 Å². The van der Waals surface area contributed by atoms with E-state index in [1.165, 1.54) is 0 Å². The molecule has 0 unspecified atom stereocenters. The van der Waals surface area contributed by atoms with Crippen LogP contribution in [0.5, 0.6) is 0 Å². The van der Waals surface area contributed by atoms with Crippen LogP contribution in [-0.4, -0.2) is 0 Å². The van der Waals surface area contributed by atoms with Crippen molar-refractivity contribution in [2.75, 3.05) is 0 Å². The normalized spacial score (nSPS) is 17.1. The Hall–Kier alpha value is 10.2. The number of halogens is 14. The number of hydrogen-bond acceptors (Lipinski definition) is 0. The molecule has 0 heterocycles. The Morgan fingerprint density at radius 3 is 0.714 bits per heavy atom. The molecule has 14 heteroatoms. The first-order chi connectivity index (χ1) is 6.29. The zero-order valence-electron chi connectivity index (χ0n) is 5.29. The van der Waals surface area contributed by atoms with Crippen molar-refractivity contribution in [2.24, 2.45) is 0 Å². The van der Waals surface area contributed by atoms with E-state index in [1.807, 2.05) is 0 Å². The van der Waals surface area contributed by atoms with E-state index in [2.05, 4.69) is 149 Å². The van der Waals surface area contributed by atoms with Crippen molar-refractivity contribution in [3.05, 3.63) is 0 Å². The molecule has 0 rings (SSSR count). The minimum atomic E-state index is -0.399. The molecule has 0 atom stereocenters. The summed E-state index contributed by atoms with van der Waals surface area (Å²) in [5, 5.41) is 0. The summed E-state index contributed by atoms with van der Waals surface area (Å²) in [4.78, 5) is 0. The first kappa shape index (κ1) is 24.2. The summed E-state index contributed by atoms with van der Waals surface area (Å²) in [5.41, 5.74) is 0. The Bertz CT molecular complexity index is 128. The van der Waals surface area contributed by atoms with Crippen molar-refractivity contribution in [1.82, 2.24) is 0 Å². The van der Waals surface area contributed by atoms with Crippen LogP contribution in [0.2, 0.25) is 0 Å². The van der Waals surface area contributed by atoms with Gasteiger partial charge in [0.2, 0.25) is 0 Å². The Morgan fingerprint density at radius 2 is 0.571 bits per heavy atom. The average molecular weight is 1780 g/mol. The molecule has 0 radical (unpaired) electrons. The van der Waals surface area contributed by atoms with E-state index in [0.29, 0.717) is 0 Å². The summed E-state index contributed by atoms with van der Waals surface area (Å²) in [6.45, 7) is 0. The molecule has 0 amide bonds. The zero-order chi connectivity index (χ0) is 11.5. The van der Waals surface area contributed by atoms with Gasteiger partial charge >= 0.3 is 196 Å². The first-order valence-electron chi connectivity index (χ1n) is 1.86. The summed E-state index contributed by atoms with van der Waals surface area (Å²) in [6.07, 6.45) is 0. The number of rotatable bonds is 5. The quantitative estimate of drug-likeness (QED) is 0.241. The van der Waals surface area contributed by atoms with Crippen LogP contribution >= 0.6 is 196 Å². The van der Waals surface area contributed by atoms with Crippen LogP contribution in [-0.2, 0) is 0 Å². The Kier molecular flexibility index (Phi) is 24.9. The van der Waals surface area contributed by atoms with Gasteiger partial charge in [-0.25, -0.2) is 0 Å². The van der Waals surface area contributed by atoms with E-state index in [-0.39, 0.29) is 31.6 Å². The van der Waals surface area contributed by atoms with Gasteiger partial charge in [-0.2, -0.15) is 0 Å². The van der Waals surface area contributed by atoms with Gasteiger partial charge in [-0.05, 0) is 0 Å². The summed E-state index contributed by atoms with van der Waals surface area (Å²) in [7, 11) is -2.16. The topological polar surface area (TPSA) is 0 Å². The van der Waals surface area contributed by atoms with Gasteiger partial charge < -0.3 is 0 Å². The van der Waals surface area contributed by atoms with Crippen LogP contribution in [0.15, 0.2) is 0 Å². The average Bonchev–Trinajstić information content (AvgIpc) is 2.12. The third-order valence-corrected chi connectivity index (χ3v) is 827. The first-order valence-corrected chi connectivity index (χ1v) is 83.6. The molecular weight excluding hydrogens is 1780 g/mol. The van der Waals surface area contributed by atoms with Crippen molar-refractivity contribution < 1.29 is 0 Å². The summed E-state index contributed by atoms with van der Waals surface area (Å²) < 4.78 is 0. The van der Waals surface area contributed by atoms with E-state index >= 15 is 0 Å². The molecule has 0 N–H and O–H groups in total. The molecule has 0 aliphatic heterocycles. The molecule has 0 aromatic rings. The monoisotopic (exact) mass is 1780 g/mol. The second-order valence-electron chi connectivity index (χ2n) is 0.972. The van der Waals surface area contributed by atoms with Crippen molar-refractivity contribution in [3.63, 3.8) is 0 Å². The van der Waals surface area contributed by atoms with Crippen LogP contribution in [0.1, 0.15) is 0 Å². The zero-order valence-corrected chi connectivity index (χ0v) is 35.5. The van der Waals surface area contributed by atoms with Crippen molar-refractivity contribution in [1.29, 1.82) is 0 Å². The Morgan fingerprint density at radius 1 is 0.357 bits per heavy atom. The minimum absolute atomic E-state index is 0.339. The van der Waals surface area contributed by atoms with Crippen molar-refractivity contribution in [3.8, 4) is 0 Å². The fourth-order valence-corrected chi connectivity index (χ4v) is 1680. The summed E-state index contributed by atoms with van der Waals surface area (Å²) in [5.74, 6) is 0. The predicted molar refractivity (Wildman–Crippen MR) is 196 cm³/mol. The van der Waals surface area contributed by atoms with Crippen LogP contribution in [0.3, 0.4) is 0 Å². The van der Waals surface area contributed by atoms with Crippen LogP contribution in [0.25, 0.3) is 0 Å². The van der Waals surface area contributed by atoms with E-state index in [1.54, 1.807) is 0 Å². The van der Waals surface area contributed by atoms with E-state index < -0.39 is 15.8 Å². The van der Waals surface area contributed by atoms with Gasteiger partial charge in [0, 0.05) is 0 Å². The predicted octanol–water partition coefficient (Wildman–Crippen LogP) is 12.4. The fraction of sp³-hybridized carbons (Fsp3) is 0. The van der Waals surface area contributed by atoms with Gasteiger partial charge in [0.15, 0.2) is 0 Å². The SMILES string of the molecule is II(I)I(I)I(I)I(I)I(I)I(I)I. The molecular formula is I14. The molecule has 0 fully saturated rings. The standard InChI is InChI=1S/I14/c1-9(2)11(5)13(7)14(8)12(6)10(3)4. The molecule has 0 saturated heterocycles. The van der Waals surface area contributed by atoms with Crippen LogP contribution < -0.4 is 0 Å². The molecule has 0 aliphatic carbocycles. The molecule has 14 heavy (non-hydrogen) atoms. The maximum atomic E-state index is 3.02. The second-order valence-corrected chi connectivity index (χ2v) is 293. The van der Waals surface area contributed by atoms with Gasteiger partial charge in [0.1, 0.15) is 0 Å². The molecule has 98 valence electrons. The molecule has 0 aliphatic rings. The molecule has 0 spiro atoms. The van der Waals surface area contributed by atoms with E-state index in [4.69, 9.17) is 0 Å². The Labute approximate surface area is 186 Å². The number of hydrogen-bond donors (Lipinski definition) is 0. The molecule has 0 aromatic carbocycles. The van der Waals surface area contributed by atoms with Gasteiger partial charge in [0.05, 0.1) is 0 Å². The molecule has 0 bridgehead atoms. The third-order valence-electron chi connectivity index (χ3n) is 0.408.